The summed E-state index contributed by atoms with van der Waals surface area (Å²) in [5, 5.41) is 7.33. The fourth-order valence-corrected chi connectivity index (χ4v) is 3.18. The van der Waals surface area contributed by atoms with Gasteiger partial charge in [0.25, 0.3) is 0 Å². The zero-order chi connectivity index (χ0) is 21.3. The molecule has 3 aromatic heterocycles. The maximum atomic E-state index is 13.2. The van der Waals surface area contributed by atoms with E-state index in [0.29, 0.717) is 0 Å². The lowest BCUT2D eigenvalue weighted by Crippen LogP contribution is -2.28. The molecule has 0 fully saturated rings. The van der Waals surface area contributed by atoms with Crippen molar-refractivity contribution in [2.24, 2.45) is 0 Å². The van der Waals surface area contributed by atoms with Crippen molar-refractivity contribution in [1.29, 1.82) is 0 Å². The molecule has 0 saturated carbocycles. The Labute approximate surface area is 169 Å². The molecular weight excluding hydrogens is 395 g/mol. The fraction of sp³-hybridized carbons (Fsp3) is 0.190. The Bertz CT molecular complexity index is 1180. The standard InChI is InChI=1S/C21H18F3N5O/c1-13(14-5-6-17-15(10-14)7-9-25-17)20(30)27-12-16-11-18(21(22,23)24)28-29(16)19-4-2-3-8-26-19/h2-11,13,25H,12H2,1H3,(H,27,30). The Morgan fingerprint density at radius 2 is 2.03 bits per heavy atom. The van der Waals surface area contributed by atoms with Crippen molar-refractivity contribution < 1.29 is 18.0 Å². The maximum Gasteiger partial charge on any atom is 0.435 e. The lowest BCUT2D eigenvalue weighted by atomic mass is 9.99. The Kier molecular flexibility index (Phi) is 5.03. The van der Waals surface area contributed by atoms with Crippen molar-refractivity contribution in [3.8, 4) is 5.82 Å². The summed E-state index contributed by atoms with van der Waals surface area (Å²) in [4.78, 5) is 19.8. The number of pyridine rings is 1. The van der Waals surface area contributed by atoms with Gasteiger partial charge < -0.3 is 10.3 Å². The molecular formula is C21H18F3N5O. The SMILES string of the molecule is CC(C(=O)NCc1cc(C(F)(F)F)nn1-c1ccccn1)c1ccc2[nH]ccc2c1. The van der Waals surface area contributed by atoms with Gasteiger partial charge in [-0.15, -0.1) is 0 Å². The number of carbonyl (C=O) groups excluding carboxylic acids is 1. The smallest absolute Gasteiger partial charge is 0.361 e. The fourth-order valence-electron chi connectivity index (χ4n) is 3.18. The minimum absolute atomic E-state index is 0.116. The quantitative estimate of drug-likeness (QED) is 0.515. The van der Waals surface area contributed by atoms with E-state index < -0.39 is 17.8 Å². The van der Waals surface area contributed by atoms with E-state index in [4.69, 9.17) is 0 Å². The number of nitrogens with one attached hydrogen (secondary N) is 2. The molecule has 1 unspecified atom stereocenters. The number of carbonyl (C=O) groups is 1. The summed E-state index contributed by atoms with van der Waals surface area (Å²) >= 11 is 0. The normalized spacial score (nSPS) is 12.8. The topological polar surface area (TPSA) is 75.6 Å². The van der Waals surface area contributed by atoms with E-state index in [1.807, 2.05) is 30.5 Å². The molecule has 4 aromatic rings. The van der Waals surface area contributed by atoms with Crippen LogP contribution < -0.4 is 5.32 Å². The van der Waals surface area contributed by atoms with E-state index >= 15 is 0 Å². The van der Waals surface area contributed by atoms with E-state index in [-0.39, 0.29) is 24.0 Å². The molecule has 4 rings (SSSR count). The van der Waals surface area contributed by atoms with Crippen molar-refractivity contribution >= 4 is 16.8 Å². The molecule has 0 aliphatic heterocycles. The molecule has 9 heteroatoms. The van der Waals surface area contributed by atoms with Crippen molar-refractivity contribution in [3.63, 3.8) is 0 Å². The second-order valence-corrected chi connectivity index (χ2v) is 6.88. The van der Waals surface area contributed by atoms with Gasteiger partial charge in [-0.2, -0.15) is 18.3 Å². The van der Waals surface area contributed by atoms with E-state index in [0.717, 1.165) is 27.2 Å². The lowest BCUT2D eigenvalue weighted by molar-refractivity contribution is -0.141. The van der Waals surface area contributed by atoms with Crippen molar-refractivity contribution in [3.05, 3.63) is 77.9 Å². The van der Waals surface area contributed by atoms with Crippen LogP contribution in [0.25, 0.3) is 16.7 Å². The number of aromatic nitrogens is 4. The average molecular weight is 413 g/mol. The van der Waals surface area contributed by atoms with Gasteiger partial charge in [-0.05, 0) is 54.3 Å². The van der Waals surface area contributed by atoms with Gasteiger partial charge in [-0.3, -0.25) is 4.79 Å². The third kappa shape index (κ3) is 3.91. The lowest BCUT2D eigenvalue weighted by Gasteiger charge is -2.13. The molecule has 6 nitrogen and oxygen atoms in total. The zero-order valence-corrected chi connectivity index (χ0v) is 15.9. The Morgan fingerprint density at radius 1 is 1.20 bits per heavy atom. The first kappa shape index (κ1) is 19.7. The number of hydrogen-bond donors (Lipinski definition) is 2. The number of aromatic amines is 1. The molecule has 0 aliphatic carbocycles. The van der Waals surface area contributed by atoms with Crippen LogP contribution in [0.2, 0.25) is 0 Å². The highest BCUT2D eigenvalue weighted by molar-refractivity contribution is 5.86. The van der Waals surface area contributed by atoms with E-state index in [1.54, 1.807) is 25.1 Å². The first-order chi connectivity index (χ1) is 14.3. The first-order valence-corrected chi connectivity index (χ1v) is 9.25. The van der Waals surface area contributed by atoms with Gasteiger partial charge in [0.15, 0.2) is 11.5 Å². The number of fused-ring (bicyclic) bond motifs is 1. The van der Waals surface area contributed by atoms with Crippen LogP contribution in [0.3, 0.4) is 0 Å². The zero-order valence-electron chi connectivity index (χ0n) is 15.9. The van der Waals surface area contributed by atoms with Crippen LogP contribution in [0.1, 0.15) is 29.8 Å². The Morgan fingerprint density at radius 3 is 2.77 bits per heavy atom. The largest absolute Gasteiger partial charge is 0.435 e. The highest BCUT2D eigenvalue weighted by Crippen LogP contribution is 2.29. The predicted molar refractivity (Wildman–Crippen MR) is 105 cm³/mol. The van der Waals surface area contributed by atoms with Gasteiger partial charge in [0.1, 0.15) is 0 Å². The van der Waals surface area contributed by atoms with Crippen LogP contribution in [0, 0.1) is 0 Å². The summed E-state index contributed by atoms with van der Waals surface area (Å²) in [5.41, 5.74) is 0.921. The van der Waals surface area contributed by atoms with Crippen molar-refractivity contribution in [2.75, 3.05) is 0 Å². The van der Waals surface area contributed by atoms with Crippen LogP contribution in [0.4, 0.5) is 13.2 Å². The molecule has 1 amide bonds. The summed E-state index contributed by atoms with van der Waals surface area (Å²) in [6.45, 7) is 1.63. The second kappa shape index (κ2) is 7.66. The van der Waals surface area contributed by atoms with Gasteiger partial charge in [-0.1, -0.05) is 12.1 Å². The minimum Gasteiger partial charge on any atom is -0.361 e. The van der Waals surface area contributed by atoms with E-state index in [2.05, 4.69) is 20.4 Å². The predicted octanol–water partition coefficient (Wildman–Crippen LogP) is 4.19. The van der Waals surface area contributed by atoms with Gasteiger partial charge in [-0.25, -0.2) is 9.67 Å². The van der Waals surface area contributed by atoms with E-state index in [9.17, 15) is 18.0 Å². The van der Waals surface area contributed by atoms with Gasteiger partial charge in [0.05, 0.1) is 18.2 Å². The summed E-state index contributed by atoms with van der Waals surface area (Å²) in [7, 11) is 0. The summed E-state index contributed by atoms with van der Waals surface area (Å²) in [6, 6.07) is 13.3. The number of halogens is 3. The number of rotatable bonds is 5. The molecule has 1 atom stereocenters. The molecule has 0 bridgehead atoms. The number of H-pyrrole nitrogens is 1. The Hall–Kier alpha value is -3.62. The van der Waals surface area contributed by atoms with E-state index in [1.165, 1.54) is 6.20 Å². The number of hydrogen-bond acceptors (Lipinski definition) is 3. The number of amides is 1. The third-order valence-corrected chi connectivity index (χ3v) is 4.85. The summed E-state index contributed by atoms with van der Waals surface area (Å²) in [5.74, 6) is -0.534. The molecule has 30 heavy (non-hydrogen) atoms. The molecule has 3 heterocycles. The monoisotopic (exact) mass is 413 g/mol. The van der Waals surface area contributed by atoms with Gasteiger partial charge in [0.2, 0.25) is 5.91 Å². The molecule has 0 spiro atoms. The van der Waals surface area contributed by atoms with Crippen LogP contribution in [-0.4, -0.2) is 25.7 Å². The first-order valence-electron chi connectivity index (χ1n) is 9.25. The molecule has 0 aliphatic rings. The molecule has 154 valence electrons. The highest BCUT2D eigenvalue weighted by Gasteiger charge is 2.35. The average Bonchev–Trinajstić information content (AvgIpc) is 3.38. The van der Waals surface area contributed by atoms with Gasteiger partial charge >= 0.3 is 6.18 Å². The highest BCUT2D eigenvalue weighted by atomic mass is 19.4. The molecule has 2 N–H and O–H groups in total. The van der Waals surface area contributed by atoms with Crippen molar-refractivity contribution in [2.45, 2.75) is 25.6 Å². The second-order valence-electron chi connectivity index (χ2n) is 6.88. The number of nitrogens with zero attached hydrogens (tertiary/aromatic N) is 3. The molecule has 0 saturated heterocycles. The Balaban J connectivity index is 1.54. The van der Waals surface area contributed by atoms with Crippen LogP contribution in [0.15, 0.2) is 60.9 Å². The minimum atomic E-state index is -4.60. The molecule has 0 radical (unpaired) electrons. The van der Waals surface area contributed by atoms with Crippen molar-refractivity contribution in [1.82, 2.24) is 25.1 Å². The van der Waals surface area contributed by atoms with Gasteiger partial charge in [0, 0.05) is 17.9 Å². The van der Waals surface area contributed by atoms with Crippen LogP contribution in [0.5, 0.6) is 0 Å². The molecule has 1 aromatic carbocycles. The van der Waals surface area contributed by atoms with Crippen LogP contribution >= 0.6 is 0 Å². The van der Waals surface area contributed by atoms with Crippen LogP contribution in [-0.2, 0) is 17.5 Å². The number of benzene rings is 1. The maximum absolute atomic E-state index is 13.2. The summed E-state index contributed by atoms with van der Waals surface area (Å²) in [6.07, 6.45) is -1.32. The summed E-state index contributed by atoms with van der Waals surface area (Å²) < 4.78 is 40.6. The third-order valence-electron chi connectivity index (χ3n) is 4.85. The number of alkyl halides is 3.